The Morgan fingerprint density at radius 3 is 2.67 bits per heavy atom. The molecule has 1 aromatic heterocycles. The molecule has 0 amide bonds. The van der Waals surface area contributed by atoms with Crippen molar-refractivity contribution in [3.8, 4) is 0 Å². The summed E-state index contributed by atoms with van der Waals surface area (Å²) in [6.45, 7) is 0. The van der Waals surface area contributed by atoms with Crippen LogP contribution in [-0.2, 0) is 4.74 Å². The average Bonchev–Trinajstić information content (AvgIpc) is 2.57. The van der Waals surface area contributed by atoms with E-state index in [4.69, 9.17) is 10.5 Å². The Hall–Kier alpha value is -0.800. The van der Waals surface area contributed by atoms with E-state index in [2.05, 4.69) is 17.6 Å². The Kier molecular flexibility index (Phi) is 5.00. The number of hydrogen-bond acceptors (Lipinski definition) is 7. The number of nitrogen functional groups attached to an aromatic ring is 1. The van der Waals surface area contributed by atoms with Crippen molar-refractivity contribution in [3.05, 3.63) is 22.7 Å². The Morgan fingerprint density at radius 1 is 1.50 bits per heavy atom. The van der Waals surface area contributed by atoms with Crippen LogP contribution < -0.4 is 11.4 Å². The summed E-state index contributed by atoms with van der Waals surface area (Å²) < 4.78 is 6.44. The van der Waals surface area contributed by atoms with Crippen molar-refractivity contribution in [2.75, 3.05) is 11.5 Å². The smallest absolute Gasteiger partial charge is 0.351 e. The Bertz CT molecular complexity index is 471. The molecular formula is C9H14ClN3O4S. The molecule has 0 unspecified atom stereocenters. The molecule has 1 saturated heterocycles. The molecule has 4 N–H and O–H groups in total. The predicted molar refractivity (Wildman–Crippen MR) is 69.9 cm³/mol. The van der Waals surface area contributed by atoms with E-state index in [1.54, 1.807) is 0 Å². The maximum absolute atomic E-state index is 11.6. The minimum Gasteiger partial charge on any atom is -0.387 e. The standard InChI is InChI=1S/C9H13N3O4S.ClH/c10-5-1-2-12(9(15)11-5)8-7(14)6(13)4(3-17)16-8;/h1-2,4,6-8,13-14,17H,3H2,(H2,10,11,15);1H/t4-,6-,7-,8-;/m1./s1. The fraction of sp³-hybridized carbons (Fsp3) is 0.556. The van der Waals surface area contributed by atoms with E-state index in [1.807, 2.05) is 0 Å². The van der Waals surface area contributed by atoms with Gasteiger partial charge in [-0.2, -0.15) is 17.6 Å². The van der Waals surface area contributed by atoms with Crippen LogP contribution in [0.25, 0.3) is 0 Å². The van der Waals surface area contributed by atoms with E-state index < -0.39 is 30.2 Å². The summed E-state index contributed by atoms with van der Waals surface area (Å²) in [6.07, 6.45) is -2.51. The second-order valence-electron chi connectivity index (χ2n) is 3.77. The lowest BCUT2D eigenvalue weighted by atomic mass is 10.1. The first-order chi connectivity index (χ1) is 8.04. The highest BCUT2D eigenvalue weighted by Gasteiger charge is 2.43. The fourth-order valence-corrected chi connectivity index (χ4v) is 2.03. The third-order valence-corrected chi connectivity index (χ3v) is 3.00. The molecule has 0 aliphatic carbocycles. The first-order valence-electron chi connectivity index (χ1n) is 5.01. The number of halogens is 1. The van der Waals surface area contributed by atoms with Gasteiger partial charge >= 0.3 is 5.69 Å². The van der Waals surface area contributed by atoms with Gasteiger partial charge in [0.15, 0.2) is 6.23 Å². The molecule has 1 aliphatic rings. The molecule has 0 spiro atoms. The average molecular weight is 296 g/mol. The van der Waals surface area contributed by atoms with Crippen LogP contribution in [0.1, 0.15) is 6.23 Å². The molecule has 9 heteroatoms. The number of hydrogen-bond donors (Lipinski definition) is 4. The molecule has 102 valence electrons. The largest absolute Gasteiger partial charge is 0.387 e. The number of nitrogens with zero attached hydrogens (tertiary/aromatic N) is 2. The highest BCUT2D eigenvalue weighted by molar-refractivity contribution is 7.80. The van der Waals surface area contributed by atoms with E-state index in [9.17, 15) is 15.0 Å². The quantitative estimate of drug-likeness (QED) is 0.510. The first-order valence-corrected chi connectivity index (χ1v) is 5.65. The van der Waals surface area contributed by atoms with Gasteiger partial charge in [0.05, 0.1) is 6.10 Å². The number of ether oxygens (including phenoxy) is 1. The van der Waals surface area contributed by atoms with Crippen LogP contribution in [-0.4, -0.2) is 43.8 Å². The van der Waals surface area contributed by atoms with Crippen molar-refractivity contribution < 1.29 is 14.9 Å². The van der Waals surface area contributed by atoms with Gasteiger partial charge in [-0.1, -0.05) is 0 Å². The van der Waals surface area contributed by atoms with Crippen molar-refractivity contribution in [2.24, 2.45) is 0 Å². The highest BCUT2D eigenvalue weighted by Crippen LogP contribution is 2.28. The summed E-state index contributed by atoms with van der Waals surface area (Å²) in [7, 11) is 0. The monoisotopic (exact) mass is 295 g/mol. The summed E-state index contributed by atoms with van der Waals surface area (Å²) in [5.41, 5.74) is 4.71. The molecule has 0 radical (unpaired) electrons. The first kappa shape index (κ1) is 15.3. The topological polar surface area (TPSA) is 111 Å². The van der Waals surface area contributed by atoms with Crippen LogP contribution in [0.2, 0.25) is 0 Å². The lowest BCUT2D eigenvalue weighted by Gasteiger charge is -2.16. The van der Waals surface area contributed by atoms with E-state index in [-0.39, 0.29) is 24.0 Å². The van der Waals surface area contributed by atoms with Crippen molar-refractivity contribution in [3.63, 3.8) is 0 Å². The van der Waals surface area contributed by atoms with Gasteiger partial charge in [0.2, 0.25) is 0 Å². The zero-order valence-corrected chi connectivity index (χ0v) is 10.9. The van der Waals surface area contributed by atoms with Gasteiger partial charge in [-0.05, 0) is 6.07 Å². The van der Waals surface area contributed by atoms with Crippen LogP contribution in [0.15, 0.2) is 17.1 Å². The number of thiol groups is 1. The van der Waals surface area contributed by atoms with Gasteiger partial charge in [-0.25, -0.2) is 4.79 Å². The Balaban J connectivity index is 0.00000162. The third-order valence-electron chi connectivity index (χ3n) is 2.64. The van der Waals surface area contributed by atoms with Crippen LogP contribution in [0, 0.1) is 0 Å². The predicted octanol–water partition coefficient (Wildman–Crippen LogP) is -1.20. The second-order valence-corrected chi connectivity index (χ2v) is 4.14. The number of aliphatic hydroxyl groups excluding tert-OH is 2. The molecule has 2 heterocycles. The zero-order valence-electron chi connectivity index (χ0n) is 9.21. The van der Waals surface area contributed by atoms with Crippen molar-refractivity contribution in [1.29, 1.82) is 0 Å². The minimum atomic E-state index is -1.20. The third kappa shape index (κ3) is 2.62. The van der Waals surface area contributed by atoms with E-state index >= 15 is 0 Å². The summed E-state index contributed by atoms with van der Waals surface area (Å²) in [6, 6.07) is 1.41. The summed E-state index contributed by atoms with van der Waals surface area (Å²) in [4.78, 5) is 15.1. The molecule has 4 atom stereocenters. The van der Waals surface area contributed by atoms with Crippen LogP contribution in [0.3, 0.4) is 0 Å². The van der Waals surface area contributed by atoms with Gasteiger partial charge in [0.25, 0.3) is 0 Å². The number of aromatic nitrogens is 2. The molecule has 1 aliphatic heterocycles. The number of aliphatic hydroxyl groups is 2. The summed E-state index contributed by atoms with van der Waals surface area (Å²) in [5, 5.41) is 19.4. The highest BCUT2D eigenvalue weighted by atomic mass is 35.5. The van der Waals surface area contributed by atoms with Gasteiger partial charge in [0, 0.05) is 11.9 Å². The summed E-state index contributed by atoms with van der Waals surface area (Å²) in [5.74, 6) is 0.330. The van der Waals surface area contributed by atoms with Gasteiger partial charge in [0.1, 0.15) is 18.0 Å². The van der Waals surface area contributed by atoms with Crippen LogP contribution >= 0.6 is 25.0 Å². The normalized spacial score (nSPS) is 31.1. The molecule has 0 saturated carbocycles. The van der Waals surface area contributed by atoms with Gasteiger partial charge in [-0.3, -0.25) is 4.57 Å². The lowest BCUT2D eigenvalue weighted by Crippen LogP contribution is -2.35. The van der Waals surface area contributed by atoms with Gasteiger partial charge in [-0.15, -0.1) is 12.4 Å². The molecule has 2 rings (SSSR count). The SMILES string of the molecule is Cl.Nc1ccn([C@@H]2O[C@H](CS)[C@@H](O)[C@H]2O)c(=O)n1. The molecule has 0 aromatic carbocycles. The van der Waals surface area contributed by atoms with Crippen LogP contribution in [0.4, 0.5) is 5.82 Å². The van der Waals surface area contributed by atoms with Crippen molar-refractivity contribution in [2.45, 2.75) is 24.5 Å². The number of rotatable bonds is 2. The maximum Gasteiger partial charge on any atom is 0.351 e. The van der Waals surface area contributed by atoms with E-state index in [0.29, 0.717) is 0 Å². The summed E-state index contributed by atoms with van der Waals surface area (Å²) >= 11 is 3.99. The van der Waals surface area contributed by atoms with Gasteiger partial charge < -0.3 is 20.7 Å². The zero-order chi connectivity index (χ0) is 12.6. The molecular weight excluding hydrogens is 282 g/mol. The van der Waals surface area contributed by atoms with E-state index in [1.165, 1.54) is 12.3 Å². The Labute approximate surface area is 114 Å². The van der Waals surface area contributed by atoms with Crippen molar-refractivity contribution in [1.82, 2.24) is 9.55 Å². The van der Waals surface area contributed by atoms with Crippen LogP contribution in [0.5, 0.6) is 0 Å². The minimum absolute atomic E-state index is 0. The fourth-order valence-electron chi connectivity index (χ4n) is 1.73. The maximum atomic E-state index is 11.6. The molecule has 1 fully saturated rings. The number of anilines is 1. The molecule has 1 aromatic rings. The molecule has 0 bridgehead atoms. The Morgan fingerprint density at radius 2 is 2.17 bits per heavy atom. The van der Waals surface area contributed by atoms with E-state index in [0.717, 1.165) is 4.57 Å². The molecule has 18 heavy (non-hydrogen) atoms. The second kappa shape index (κ2) is 5.89. The number of nitrogens with two attached hydrogens (primary N) is 1. The molecule has 7 nitrogen and oxygen atoms in total. The lowest BCUT2D eigenvalue weighted by molar-refractivity contribution is -0.0338. The van der Waals surface area contributed by atoms with Crippen molar-refractivity contribution >= 4 is 30.9 Å².